The third kappa shape index (κ3) is 4.29. The average Bonchev–Trinajstić information content (AvgIpc) is 3.15. The van der Waals surface area contributed by atoms with Crippen molar-refractivity contribution in [2.45, 2.75) is 45.4 Å². The van der Waals surface area contributed by atoms with Crippen molar-refractivity contribution < 1.29 is 0 Å². The zero-order valence-corrected chi connectivity index (χ0v) is 24.1. The van der Waals surface area contributed by atoms with Crippen molar-refractivity contribution in [2.75, 3.05) is 0 Å². The van der Waals surface area contributed by atoms with Gasteiger partial charge in [-0.2, -0.15) is 0 Å². The highest BCUT2D eigenvalue weighted by Crippen LogP contribution is 2.49. The van der Waals surface area contributed by atoms with Gasteiger partial charge >= 0.3 is 0 Å². The van der Waals surface area contributed by atoms with E-state index in [2.05, 4.69) is 148 Å². The van der Waals surface area contributed by atoms with Crippen LogP contribution in [0.25, 0.3) is 45.0 Å². The summed E-state index contributed by atoms with van der Waals surface area (Å²) in [5.74, 6) is 0.740. The third-order valence-corrected chi connectivity index (χ3v) is 8.28. The number of aromatic nitrogens is 2. The second-order valence-corrected chi connectivity index (χ2v) is 12.6. The molecule has 0 spiro atoms. The summed E-state index contributed by atoms with van der Waals surface area (Å²) in [6.07, 6.45) is 0. The van der Waals surface area contributed by atoms with E-state index in [4.69, 9.17) is 9.97 Å². The van der Waals surface area contributed by atoms with Crippen LogP contribution < -0.4 is 0 Å². The molecule has 0 saturated carbocycles. The first-order valence-electron chi connectivity index (χ1n) is 13.1. The van der Waals surface area contributed by atoms with Crippen LogP contribution in [0.2, 0.25) is 0 Å². The predicted octanol–water partition coefficient (Wildman–Crippen LogP) is 9.84. The maximum Gasteiger partial charge on any atom is 0.160 e. The van der Waals surface area contributed by atoms with Gasteiger partial charge in [0.15, 0.2) is 5.82 Å². The topological polar surface area (TPSA) is 25.8 Å². The summed E-state index contributed by atoms with van der Waals surface area (Å²) < 4.78 is 1.05. The predicted molar refractivity (Wildman–Crippen MR) is 162 cm³/mol. The summed E-state index contributed by atoms with van der Waals surface area (Å²) in [7, 11) is 0. The Bertz CT molecular complexity index is 1660. The monoisotopic (exact) mass is 558 g/mol. The summed E-state index contributed by atoms with van der Waals surface area (Å²) in [6.45, 7) is 11.3. The largest absolute Gasteiger partial charge is 0.228 e. The lowest BCUT2D eigenvalue weighted by atomic mass is 9.82. The summed E-state index contributed by atoms with van der Waals surface area (Å²) in [6, 6.07) is 34.7. The molecule has 0 amide bonds. The Labute approximate surface area is 234 Å². The Morgan fingerprint density at radius 3 is 1.87 bits per heavy atom. The molecule has 38 heavy (non-hydrogen) atoms. The highest BCUT2D eigenvalue weighted by Gasteiger charge is 2.35. The molecule has 0 radical (unpaired) electrons. The maximum absolute atomic E-state index is 5.11. The summed E-state index contributed by atoms with van der Waals surface area (Å²) in [4.78, 5) is 10.1. The Hall–Kier alpha value is -3.56. The number of fused-ring (bicyclic) bond motifs is 3. The first-order valence-corrected chi connectivity index (χ1v) is 13.9. The van der Waals surface area contributed by atoms with Gasteiger partial charge in [-0.05, 0) is 57.5 Å². The smallest absolute Gasteiger partial charge is 0.160 e. The molecule has 188 valence electrons. The number of hydrogen-bond acceptors (Lipinski definition) is 2. The van der Waals surface area contributed by atoms with Crippen LogP contribution in [0.4, 0.5) is 0 Å². The summed E-state index contributed by atoms with van der Waals surface area (Å²) in [5.41, 5.74) is 11.7. The number of nitrogens with zero attached hydrogens (tertiary/aromatic N) is 2. The van der Waals surface area contributed by atoms with Gasteiger partial charge in [-0.15, -0.1) is 0 Å². The molecule has 0 atom stereocenters. The van der Waals surface area contributed by atoms with E-state index in [0.29, 0.717) is 0 Å². The van der Waals surface area contributed by atoms with Crippen LogP contribution >= 0.6 is 15.9 Å². The molecule has 1 heterocycles. The fourth-order valence-corrected chi connectivity index (χ4v) is 5.74. The van der Waals surface area contributed by atoms with Crippen molar-refractivity contribution in [3.63, 3.8) is 0 Å². The van der Waals surface area contributed by atoms with Gasteiger partial charge in [0.2, 0.25) is 0 Å². The number of hydrogen-bond donors (Lipinski definition) is 0. The van der Waals surface area contributed by atoms with Crippen molar-refractivity contribution >= 4 is 15.9 Å². The van der Waals surface area contributed by atoms with Crippen LogP contribution in [0.15, 0.2) is 102 Å². The van der Waals surface area contributed by atoms with Crippen LogP contribution in [0.3, 0.4) is 0 Å². The third-order valence-electron chi connectivity index (χ3n) is 7.75. The fourth-order valence-electron chi connectivity index (χ4n) is 5.48. The van der Waals surface area contributed by atoms with Crippen LogP contribution in [0.1, 0.15) is 51.3 Å². The van der Waals surface area contributed by atoms with Gasteiger partial charge in [0.1, 0.15) is 0 Å². The van der Waals surface area contributed by atoms with Gasteiger partial charge in [-0.1, -0.05) is 123 Å². The van der Waals surface area contributed by atoms with Crippen molar-refractivity contribution in [3.8, 4) is 45.0 Å². The first-order chi connectivity index (χ1) is 18.1. The zero-order valence-electron chi connectivity index (χ0n) is 22.5. The minimum Gasteiger partial charge on any atom is -0.228 e. The van der Waals surface area contributed by atoms with Gasteiger partial charge < -0.3 is 0 Å². The number of rotatable bonds is 3. The van der Waals surface area contributed by atoms with Gasteiger partial charge in [0.05, 0.1) is 11.4 Å². The van der Waals surface area contributed by atoms with Gasteiger partial charge in [0, 0.05) is 26.6 Å². The van der Waals surface area contributed by atoms with Gasteiger partial charge in [-0.25, -0.2) is 9.97 Å². The van der Waals surface area contributed by atoms with Crippen molar-refractivity contribution in [3.05, 3.63) is 118 Å². The highest BCUT2D eigenvalue weighted by molar-refractivity contribution is 9.10. The molecule has 4 aromatic carbocycles. The Morgan fingerprint density at radius 2 is 1.18 bits per heavy atom. The molecule has 0 bridgehead atoms. The van der Waals surface area contributed by atoms with Crippen molar-refractivity contribution in [1.82, 2.24) is 9.97 Å². The first kappa shape index (κ1) is 24.8. The van der Waals surface area contributed by atoms with E-state index in [1.807, 2.05) is 0 Å². The lowest BCUT2D eigenvalue weighted by Gasteiger charge is -2.22. The van der Waals surface area contributed by atoms with Gasteiger partial charge in [-0.3, -0.25) is 0 Å². The second kappa shape index (κ2) is 9.03. The van der Waals surface area contributed by atoms with Crippen molar-refractivity contribution in [2.24, 2.45) is 0 Å². The zero-order chi connectivity index (χ0) is 26.7. The van der Waals surface area contributed by atoms with E-state index in [1.165, 1.54) is 27.8 Å². The molecule has 5 aromatic rings. The lowest BCUT2D eigenvalue weighted by molar-refractivity contribution is 0.590. The van der Waals surface area contributed by atoms with E-state index >= 15 is 0 Å². The van der Waals surface area contributed by atoms with Crippen LogP contribution in [-0.2, 0) is 10.8 Å². The second-order valence-electron chi connectivity index (χ2n) is 11.7. The number of benzene rings is 4. The fraction of sp³-hybridized carbons (Fsp3) is 0.200. The molecule has 2 nitrogen and oxygen atoms in total. The standard InChI is InChI=1S/C35H31BrN2/c1-34(2,3)25-15-10-23(11-16-25)33-37-31(22-12-17-26(36)18-13-22)21-32(38-33)24-14-19-28-27-8-6-7-9-29(27)35(4,5)30(28)20-24/h6-21H,1-5H3. The van der Waals surface area contributed by atoms with Crippen molar-refractivity contribution in [1.29, 1.82) is 0 Å². The summed E-state index contributed by atoms with van der Waals surface area (Å²) in [5, 5.41) is 0. The SMILES string of the molecule is CC(C)(C)c1ccc(-c2nc(-c3ccc(Br)cc3)cc(-c3ccc4c(c3)C(C)(C)c3ccccc3-4)n2)cc1. The molecular weight excluding hydrogens is 528 g/mol. The molecule has 1 aliphatic rings. The average molecular weight is 560 g/mol. The molecule has 1 aliphatic carbocycles. The van der Waals surface area contributed by atoms with Crippen LogP contribution in [0, 0.1) is 0 Å². The minimum atomic E-state index is -0.0604. The molecule has 0 saturated heterocycles. The van der Waals surface area contributed by atoms with E-state index in [1.54, 1.807) is 0 Å². The highest BCUT2D eigenvalue weighted by atomic mass is 79.9. The maximum atomic E-state index is 5.11. The molecule has 0 fully saturated rings. The van der Waals surface area contributed by atoms with Crippen LogP contribution in [-0.4, -0.2) is 9.97 Å². The lowest BCUT2D eigenvalue weighted by Crippen LogP contribution is -2.14. The Kier molecular flexibility index (Phi) is 5.88. The molecule has 6 rings (SSSR count). The normalized spacial score (nSPS) is 13.7. The summed E-state index contributed by atoms with van der Waals surface area (Å²) >= 11 is 3.56. The quantitative estimate of drug-likeness (QED) is 0.220. The van der Waals surface area contributed by atoms with E-state index in [-0.39, 0.29) is 10.8 Å². The molecule has 0 aliphatic heterocycles. The number of halogens is 1. The molecule has 0 N–H and O–H groups in total. The van der Waals surface area contributed by atoms with E-state index < -0.39 is 0 Å². The van der Waals surface area contributed by atoms with E-state index in [0.717, 1.165) is 38.4 Å². The van der Waals surface area contributed by atoms with Gasteiger partial charge in [0.25, 0.3) is 0 Å². The molecule has 1 aromatic heterocycles. The van der Waals surface area contributed by atoms with Crippen LogP contribution in [0.5, 0.6) is 0 Å². The molecule has 0 unspecified atom stereocenters. The Balaban J connectivity index is 1.50. The van der Waals surface area contributed by atoms with E-state index in [9.17, 15) is 0 Å². The minimum absolute atomic E-state index is 0.0604. The molecular formula is C35H31BrN2. The Morgan fingerprint density at radius 1 is 0.605 bits per heavy atom. The molecule has 3 heteroatoms.